The molecule has 1 aromatic rings. The van der Waals surface area contributed by atoms with E-state index in [4.69, 9.17) is 10.5 Å². The molecule has 0 saturated heterocycles. The van der Waals surface area contributed by atoms with Crippen molar-refractivity contribution in [1.82, 2.24) is 0 Å². The zero-order valence-corrected chi connectivity index (χ0v) is 7.03. The molecule has 66 valence electrons. The minimum Gasteiger partial charge on any atom is -0.399 e. The number of hydrogen-bond acceptors (Lipinski definition) is 3. The highest BCUT2D eigenvalue weighted by Crippen LogP contribution is 2.15. The number of anilines is 1. The first kappa shape index (κ1) is 9.03. The molecule has 0 aromatic heterocycles. The van der Waals surface area contributed by atoms with Gasteiger partial charge in [-0.15, -0.1) is 0 Å². The summed E-state index contributed by atoms with van der Waals surface area (Å²) in [7, 11) is 1.55. The van der Waals surface area contributed by atoms with Gasteiger partial charge in [-0.25, -0.2) is 0 Å². The van der Waals surface area contributed by atoms with Crippen LogP contribution >= 0.6 is 0 Å². The fourth-order valence-electron chi connectivity index (χ4n) is 1.02. The smallest absolute Gasteiger partial charge is 0.102 e. The van der Waals surface area contributed by atoms with E-state index in [2.05, 4.69) is 0 Å². The summed E-state index contributed by atoms with van der Waals surface area (Å²) < 4.78 is 4.81. The first-order valence-electron chi connectivity index (χ1n) is 3.76. The molecular weight excluding hydrogens is 154 g/mol. The highest BCUT2D eigenvalue weighted by Gasteiger charge is 2.05. The summed E-state index contributed by atoms with van der Waals surface area (Å²) in [6.45, 7) is 0.295. The molecule has 12 heavy (non-hydrogen) atoms. The lowest BCUT2D eigenvalue weighted by Gasteiger charge is -2.09. The van der Waals surface area contributed by atoms with Crippen molar-refractivity contribution in [2.45, 2.75) is 6.10 Å². The van der Waals surface area contributed by atoms with Gasteiger partial charge in [0, 0.05) is 12.8 Å². The van der Waals surface area contributed by atoms with Gasteiger partial charge in [-0.05, 0) is 17.7 Å². The average Bonchev–Trinajstić information content (AvgIpc) is 2.05. The molecule has 0 aliphatic rings. The quantitative estimate of drug-likeness (QED) is 0.659. The zero-order valence-electron chi connectivity index (χ0n) is 7.03. The van der Waals surface area contributed by atoms with Crippen LogP contribution in [0.2, 0.25) is 0 Å². The molecule has 0 bridgehead atoms. The molecule has 3 nitrogen and oxygen atoms in total. The summed E-state index contributed by atoms with van der Waals surface area (Å²) in [5.74, 6) is 0. The van der Waals surface area contributed by atoms with Gasteiger partial charge in [-0.3, -0.25) is 0 Å². The van der Waals surface area contributed by atoms with Crippen LogP contribution in [0.25, 0.3) is 0 Å². The van der Waals surface area contributed by atoms with Crippen molar-refractivity contribution in [3.05, 3.63) is 29.8 Å². The second-order valence-corrected chi connectivity index (χ2v) is 2.64. The highest BCUT2D eigenvalue weighted by atomic mass is 16.5. The number of rotatable bonds is 3. The van der Waals surface area contributed by atoms with Gasteiger partial charge in [0.2, 0.25) is 0 Å². The van der Waals surface area contributed by atoms with Crippen molar-refractivity contribution >= 4 is 5.69 Å². The minimum atomic E-state index is -0.585. The average molecular weight is 167 g/mol. The van der Waals surface area contributed by atoms with Gasteiger partial charge in [-0.1, -0.05) is 12.1 Å². The third-order valence-electron chi connectivity index (χ3n) is 1.62. The molecule has 1 atom stereocenters. The zero-order chi connectivity index (χ0) is 8.97. The molecule has 0 unspecified atom stereocenters. The van der Waals surface area contributed by atoms with Gasteiger partial charge < -0.3 is 15.6 Å². The van der Waals surface area contributed by atoms with Gasteiger partial charge in [0.25, 0.3) is 0 Å². The molecule has 3 N–H and O–H groups in total. The molecule has 0 aliphatic heterocycles. The van der Waals surface area contributed by atoms with Crippen molar-refractivity contribution in [2.75, 3.05) is 19.5 Å². The summed E-state index contributed by atoms with van der Waals surface area (Å²) in [6, 6.07) is 7.15. The Hall–Kier alpha value is -1.06. The van der Waals surface area contributed by atoms with Gasteiger partial charge in [0.15, 0.2) is 0 Å². The van der Waals surface area contributed by atoms with E-state index >= 15 is 0 Å². The number of aliphatic hydroxyl groups is 1. The maximum Gasteiger partial charge on any atom is 0.102 e. The van der Waals surface area contributed by atoms with Gasteiger partial charge in [0.1, 0.15) is 6.10 Å². The SMILES string of the molecule is COC[C@@H](O)c1cccc(N)c1. The number of nitrogen functional groups attached to an aromatic ring is 1. The van der Waals surface area contributed by atoms with Crippen LogP contribution < -0.4 is 5.73 Å². The Morgan fingerprint density at radius 2 is 2.33 bits per heavy atom. The summed E-state index contributed by atoms with van der Waals surface area (Å²) in [6.07, 6.45) is -0.585. The van der Waals surface area contributed by atoms with Crippen LogP contribution in [0.1, 0.15) is 11.7 Å². The monoisotopic (exact) mass is 167 g/mol. The fourth-order valence-corrected chi connectivity index (χ4v) is 1.02. The van der Waals surface area contributed by atoms with Crippen molar-refractivity contribution < 1.29 is 9.84 Å². The minimum absolute atomic E-state index is 0.295. The first-order chi connectivity index (χ1) is 5.74. The molecule has 1 aromatic carbocycles. The van der Waals surface area contributed by atoms with E-state index in [1.807, 2.05) is 12.1 Å². The lowest BCUT2D eigenvalue weighted by molar-refractivity contribution is 0.0644. The summed E-state index contributed by atoms with van der Waals surface area (Å²) >= 11 is 0. The Balaban J connectivity index is 2.73. The number of ether oxygens (including phenoxy) is 1. The molecule has 0 heterocycles. The van der Waals surface area contributed by atoms with Crippen LogP contribution in [0, 0.1) is 0 Å². The third kappa shape index (κ3) is 2.22. The molecule has 0 amide bonds. The summed E-state index contributed by atoms with van der Waals surface area (Å²) in [4.78, 5) is 0. The summed E-state index contributed by atoms with van der Waals surface area (Å²) in [5, 5.41) is 9.46. The molecule has 1 rings (SSSR count). The van der Waals surface area contributed by atoms with Crippen LogP contribution in [-0.4, -0.2) is 18.8 Å². The van der Waals surface area contributed by atoms with Crippen molar-refractivity contribution in [2.24, 2.45) is 0 Å². The molecule has 0 aliphatic carbocycles. The second-order valence-electron chi connectivity index (χ2n) is 2.64. The van der Waals surface area contributed by atoms with Crippen LogP contribution in [0.4, 0.5) is 5.69 Å². The van der Waals surface area contributed by atoms with Crippen LogP contribution in [0.3, 0.4) is 0 Å². The molecule has 0 spiro atoms. The van der Waals surface area contributed by atoms with E-state index < -0.39 is 6.10 Å². The maximum atomic E-state index is 9.46. The lowest BCUT2D eigenvalue weighted by Crippen LogP contribution is -2.05. The largest absolute Gasteiger partial charge is 0.399 e. The predicted molar refractivity (Wildman–Crippen MR) is 47.7 cm³/mol. The Labute approximate surface area is 71.8 Å². The highest BCUT2D eigenvalue weighted by molar-refractivity contribution is 5.41. The number of methoxy groups -OCH3 is 1. The standard InChI is InChI=1S/C9H13NO2/c1-12-6-9(11)7-3-2-4-8(10)5-7/h2-5,9,11H,6,10H2,1H3/t9-/m1/s1. The predicted octanol–water partition coefficient (Wildman–Crippen LogP) is 0.949. The van der Waals surface area contributed by atoms with E-state index in [9.17, 15) is 5.11 Å². The van der Waals surface area contributed by atoms with Crippen LogP contribution in [0.15, 0.2) is 24.3 Å². The Morgan fingerprint density at radius 3 is 2.92 bits per heavy atom. The van der Waals surface area contributed by atoms with Crippen molar-refractivity contribution in [3.8, 4) is 0 Å². The van der Waals surface area contributed by atoms with Crippen LogP contribution in [-0.2, 0) is 4.74 Å². The normalized spacial score (nSPS) is 12.8. The van der Waals surface area contributed by atoms with Crippen LogP contribution in [0.5, 0.6) is 0 Å². The first-order valence-corrected chi connectivity index (χ1v) is 3.76. The Bertz CT molecular complexity index is 250. The second kappa shape index (κ2) is 4.09. The molecular formula is C9H13NO2. The molecule has 0 saturated carbocycles. The number of aliphatic hydroxyl groups excluding tert-OH is 1. The maximum absolute atomic E-state index is 9.46. The van der Waals surface area contributed by atoms with E-state index in [1.54, 1.807) is 19.2 Å². The van der Waals surface area contributed by atoms with Crippen molar-refractivity contribution in [1.29, 1.82) is 0 Å². The third-order valence-corrected chi connectivity index (χ3v) is 1.62. The van der Waals surface area contributed by atoms with E-state index in [1.165, 1.54) is 0 Å². The fraction of sp³-hybridized carbons (Fsp3) is 0.333. The van der Waals surface area contributed by atoms with Crippen molar-refractivity contribution in [3.63, 3.8) is 0 Å². The summed E-state index contributed by atoms with van der Waals surface area (Å²) in [5.41, 5.74) is 6.98. The number of benzene rings is 1. The molecule has 0 radical (unpaired) electrons. The number of hydrogen-bond donors (Lipinski definition) is 2. The van der Waals surface area contributed by atoms with Gasteiger partial charge in [0.05, 0.1) is 6.61 Å². The lowest BCUT2D eigenvalue weighted by atomic mass is 10.1. The Morgan fingerprint density at radius 1 is 1.58 bits per heavy atom. The Kier molecular flexibility index (Phi) is 3.08. The number of nitrogens with two attached hydrogens (primary N) is 1. The van der Waals surface area contributed by atoms with E-state index in [-0.39, 0.29) is 0 Å². The molecule has 3 heteroatoms. The molecule has 0 fully saturated rings. The van der Waals surface area contributed by atoms with Gasteiger partial charge >= 0.3 is 0 Å². The van der Waals surface area contributed by atoms with Gasteiger partial charge in [-0.2, -0.15) is 0 Å². The van der Waals surface area contributed by atoms with E-state index in [0.29, 0.717) is 12.3 Å². The topological polar surface area (TPSA) is 55.5 Å². The van der Waals surface area contributed by atoms with E-state index in [0.717, 1.165) is 5.56 Å².